The number of allylic oxidation sites excluding steroid dienone is 1. The molecule has 1 aliphatic heterocycles. The molecule has 1 aliphatic carbocycles. The van der Waals surface area contributed by atoms with Gasteiger partial charge in [-0.15, -0.1) is 0 Å². The normalized spacial score (nSPS) is 25.1. The topological polar surface area (TPSA) is 18.5 Å². The van der Waals surface area contributed by atoms with Crippen LogP contribution in [-0.4, -0.2) is 19.0 Å². The highest BCUT2D eigenvalue weighted by Gasteiger charge is 2.45. The Labute approximate surface area is 122 Å². The highest BCUT2D eigenvalue weighted by molar-refractivity contribution is 14.1. The summed E-state index contributed by atoms with van der Waals surface area (Å²) in [6, 6.07) is 6.45. The highest BCUT2D eigenvalue weighted by Crippen LogP contribution is 2.39. The van der Waals surface area contributed by atoms with Crippen LogP contribution in [0.1, 0.15) is 17.5 Å². The molecule has 0 N–H and O–H groups in total. The fraction of sp³-hybridized carbons (Fsp3) is 0.467. The molecule has 0 bridgehead atoms. The van der Waals surface area contributed by atoms with Crippen LogP contribution in [0.15, 0.2) is 30.4 Å². The van der Waals surface area contributed by atoms with Crippen molar-refractivity contribution < 1.29 is 9.47 Å². The largest absolute Gasteiger partial charge is 0.347 e. The first kappa shape index (κ1) is 12.6. The number of halogens is 1. The van der Waals surface area contributed by atoms with E-state index >= 15 is 0 Å². The van der Waals surface area contributed by atoms with Gasteiger partial charge in [-0.25, -0.2) is 0 Å². The molecule has 1 unspecified atom stereocenters. The molecule has 18 heavy (non-hydrogen) atoms. The summed E-state index contributed by atoms with van der Waals surface area (Å²) in [4.78, 5) is 0. The maximum Gasteiger partial charge on any atom is 0.179 e. The Morgan fingerprint density at radius 3 is 2.67 bits per heavy atom. The minimum absolute atomic E-state index is 0.413. The van der Waals surface area contributed by atoms with E-state index < -0.39 is 5.79 Å². The van der Waals surface area contributed by atoms with E-state index in [4.69, 9.17) is 9.47 Å². The summed E-state index contributed by atoms with van der Waals surface area (Å²) < 4.78 is 13.3. The molecule has 96 valence electrons. The van der Waals surface area contributed by atoms with Crippen LogP contribution in [0.3, 0.4) is 0 Å². The van der Waals surface area contributed by atoms with Crippen LogP contribution in [0.5, 0.6) is 0 Å². The third-order valence-corrected chi connectivity index (χ3v) is 5.35. The monoisotopic (exact) mass is 356 g/mol. The first-order valence-electron chi connectivity index (χ1n) is 6.40. The number of hydrogen-bond donors (Lipinski definition) is 0. The van der Waals surface area contributed by atoms with Crippen LogP contribution in [0.25, 0.3) is 0 Å². The molecular formula is C15H17IO2. The number of ether oxygens (including phenoxy) is 2. The van der Waals surface area contributed by atoms with E-state index in [9.17, 15) is 0 Å². The summed E-state index contributed by atoms with van der Waals surface area (Å²) in [5, 5.41) is 0. The predicted octanol–water partition coefficient (Wildman–Crippen LogP) is 3.46. The number of aryl methyl sites for hydroxylation is 1. The Morgan fingerprint density at radius 2 is 2.06 bits per heavy atom. The van der Waals surface area contributed by atoms with Gasteiger partial charge in [0.2, 0.25) is 0 Å². The molecular weight excluding hydrogens is 339 g/mol. The Balaban J connectivity index is 1.89. The highest BCUT2D eigenvalue weighted by atomic mass is 127. The average Bonchev–Trinajstić information content (AvgIpc) is 2.72. The second-order valence-corrected chi connectivity index (χ2v) is 6.08. The second-order valence-electron chi connectivity index (χ2n) is 5.00. The van der Waals surface area contributed by atoms with E-state index in [1.54, 1.807) is 0 Å². The SMILES string of the molecule is Cc1cccc(CC2(C3C=CC3)OCCO2)c1I. The van der Waals surface area contributed by atoms with Gasteiger partial charge in [-0.2, -0.15) is 0 Å². The van der Waals surface area contributed by atoms with Crippen LogP contribution in [-0.2, 0) is 15.9 Å². The molecule has 1 saturated heterocycles. The van der Waals surface area contributed by atoms with E-state index in [1.165, 1.54) is 14.7 Å². The zero-order chi connectivity index (χ0) is 12.6. The maximum atomic E-state index is 5.97. The fourth-order valence-electron chi connectivity index (χ4n) is 2.63. The van der Waals surface area contributed by atoms with Crippen LogP contribution in [0.2, 0.25) is 0 Å². The summed E-state index contributed by atoms with van der Waals surface area (Å²) in [5.74, 6) is -0.000969. The number of benzene rings is 1. The predicted molar refractivity (Wildman–Crippen MR) is 79.5 cm³/mol. The van der Waals surface area contributed by atoms with Crippen molar-refractivity contribution in [1.29, 1.82) is 0 Å². The van der Waals surface area contributed by atoms with Gasteiger partial charge in [0.05, 0.1) is 13.2 Å². The van der Waals surface area contributed by atoms with Crippen LogP contribution in [0.4, 0.5) is 0 Å². The molecule has 0 radical (unpaired) electrons. The molecule has 0 spiro atoms. The maximum absolute atomic E-state index is 5.97. The van der Waals surface area contributed by atoms with Crippen molar-refractivity contribution in [1.82, 2.24) is 0 Å². The molecule has 2 nitrogen and oxygen atoms in total. The second kappa shape index (κ2) is 4.94. The van der Waals surface area contributed by atoms with Crippen molar-refractivity contribution >= 4 is 22.6 Å². The smallest absolute Gasteiger partial charge is 0.179 e. The molecule has 0 saturated carbocycles. The van der Waals surface area contributed by atoms with E-state index in [2.05, 4.69) is 59.9 Å². The zero-order valence-electron chi connectivity index (χ0n) is 10.5. The molecule has 3 rings (SSSR count). The third-order valence-electron chi connectivity index (χ3n) is 3.81. The van der Waals surface area contributed by atoms with Gasteiger partial charge in [0.25, 0.3) is 0 Å². The molecule has 1 fully saturated rings. The molecule has 2 aliphatic rings. The van der Waals surface area contributed by atoms with Gasteiger partial charge in [-0.3, -0.25) is 0 Å². The average molecular weight is 356 g/mol. The van der Waals surface area contributed by atoms with Crippen molar-refractivity contribution in [3.8, 4) is 0 Å². The lowest BCUT2D eigenvalue weighted by Gasteiger charge is -2.37. The lowest BCUT2D eigenvalue weighted by atomic mass is 9.83. The van der Waals surface area contributed by atoms with Gasteiger partial charge in [-0.05, 0) is 47.1 Å². The summed E-state index contributed by atoms with van der Waals surface area (Å²) >= 11 is 2.42. The molecule has 3 heteroatoms. The van der Waals surface area contributed by atoms with Crippen LogP contribution < -0.4 is 0 Å². The molecule has 1 aromatic rings. The van der Waals surface area contributed by atoms with Crippen LogP contribution in [0, 0.1) is 16.4 Å². The minimum Gasteiger partial charge on any atom is -0.347 e. The van der Waals surface area contributed by atoms with Crippen molar-refractivity contribution in [3.63, 3.8) is 0 Å². The van der Waals surface area contributed by atoms with Gasteiger partial charge in [-0.1, -0.05) is 30.4 Å². The Bertz CT molecular complexity index is 475. The van der Waals surface area contributed by atoms with E-state index in [0.717, 1.165) is 12.8 Å². The van der Waals surface area contributed by atoms with Gasteiger partial charge < -0.3 is 9.47 Å². The summed E-state index contributed by atoms with van der Waals surface area (Å²) in [5.41, 5.74) is 2.66. The van der Waals surface area contributed by atoms with Gasteiger partial charge >= 0.3 is 0 Å². The Morgan fingerprint density at radius 1 is 1.33 bits per heavy atom. The van der Waals surface area contributed by atoms with E-state index in [1.807, 2.05) is 0 Å². The first-order chi connectivity index (χ1) is 8.71. The van der Waals surface area contributed by atoms with Crippen molar-refractivity contribution in [3.05, 3.63) is 45.0 Å². The van der Waals surface area contributed by atoms with Crippen molar-refractivity contribution in [2.45, 2.75) is 25.6 Å². The molecule has 0 amide bonds. The fourth-order valence-corrected chi connectivity index (χ4v) is 3.18. The van der Waals surface area contributed by atoms with Crippen molar-refractivity contribution in [2.75, 3.05) is 13.2 Å². The first-order valence-corrected chi connectivity index (χ1v) is 7.48. The van der Waals surface area contributed by atoms with Crippen molar-refractivity contribution in [2.24, 2.45) is 5.92 Å². The number of rotatable bonds is 3. The lowest BCUT2D eigenvalue weighted by Crippen LogP contribution is -2.42. The Hall–Kier alpha value is -0.390. The summed E-state index contributed by atoms with van der Waals surface area (Å²) in [6.07, 6.45) is 6.33. The standard InChI is InChI=1S/C15H17IO2/c1-11-4-2-5-12(14(11)16)10-15(13-6-3-7-13)17-8-9-18-15/h2-6,13H,7-10H2,1H3. The number of hydrogen-bond acceptors (Lipinski definition) is 2. The van der Waals surface area contributed by atoms with E-state index in [0.29, 0.717) is 19.1 Å². The van der Waals surface area contributed by atoms with E-state index in [-0.39, 0.29) is 0 Å². The zero-order valence-corrected chi connectivity index (χ0v) is 12.6. The lowest BCUT2D eigenvalue weighted by molar-refractivity contribution is -0.186. The minimum atomic E-state index is -0.414. The van der Waals surface area contributed by atoms with Gasteiger partial charge in [0.15, 0.2) is 5.79 Å². The van der Waals surface area contributed by atoms with Gasteiger partial charge in [0, 0.05) is 15.9 Å². The Kier molecular flexibility index (Phi) is 3.47. The van der Waals surface area contributed by atoms with Gasteiger partial charge in [0.1, 0.15) is 0 Å². The molecule has 1 heterocycles. The molecule has 1 atom stereocenters. The summed E-state index contributed by atoms with van der Waals surface area (Å²) in [7, 11) is 0. The quantitative estimate of drug-likeness (QED) is 0.610. The van der Waals surface area contributed by atoms with Crippen LogP contribution >= 0.6 is 22.6 Å². The third kappa shape index (κ3) is 2.12. The summed E-state index contributed by atoms with van der Waals surface area (Å²) in [6.45, 7) is 3.58. The molecule has 1 aromatic carbocycles. The molecule has 0 aromatic heterocycles.